The van der Waals surface area contributed by atoms with E-state index in [4.69, 9.17) is 14.0 Å². The van der Waals surface area contributed by atoms with Crippen molar-refractivity contribution < 1.29 is 18.8 Å². The topological polar surface area (TPSA) is 86.5 Å². The van der Waals surface area contributed by atoms with Crippen molar-refractivity contribution in [2.45, 2.75) is 32.7 Å². The number of hydrogen-bond acceptors (Lipinski definition) is 6. The average molecular weight is 395 g/mol. The minimum Gasteiger partial charge on any atom is -0.497 e. The first-order valence-corrected chi connectivity index (χ1v) is 9.42. The average Bonchev–Trinajstić information content (AvgIpc) is 3.22. The maximum atomic E-state index is 12.0. The fraction of sp³-hybridized carbons (Fsp3) is 0.318. The van der Waals surface area contributed by atoms with Crippen LogP contribution in [0.15, 0.2) is 53.1 Å². The molecule has 0 unspecified atom stereocenters. The maximum absolute atomic E-state index is 12.0. The molecule has 1 aromatic heterocycles. The molecule has 0 bridgehead atoms. The van der Waals surface area contributed by atoms with Gasteiger partial charge in [0.05, 0.1) is 7.11 Å². The molecule has 3 rings (SSSR count). The zero-order chi connectivity index (χ0) is 20.9. The lowest BCUT2D eigenvalue weighted by Crippen LogP contribution is -2.44. The first-order valence-electron chi connectivity index (χ1n) is 9.42. The Morgan fingerprint density at radius 1 is 1.03 bits per heavy atom. The van der Waals surface area contributed by atoms with Crippen molar-refractivity contribution in [1.29, 1.82) is 0 Å². The fourth-order valence-corrected chi connectivity index (χ4v) is 2.54. The van der Waals surface area contributed by atoms with Gasteiger partial charge in [-0.3, -0.25) is 4.79 Å². The number of aromatic nitrogens is 2. The summed E-state index contributed by atoms with van der Waals surface area (Å²) in [5, 5.41) is 6.97. The highest BCUT2D eigenvalue weighted by Gasteiger charge is 2.18. The van der Waals surface area contributed by atoms with E-state index >= 15 is 0 Å². The molecule has 1 amide bonds. The van der Waals surface area contributed by atoms with Crippen molar-refractivity contribution in [2.24, 2.45) is 0 Å². The molecule has 0 saturated carbocycles. The van der Waals surface area contributed by atoms with Gasteiger partial charge in [-0.1, -0.05) is 12.1 Å². The summed E-state index contributed by atoms with van der Waals surface area (Å²) in [5.41, 5.74) is 1.35. The van der Waals surface area contributed by atoms with Gasteiger partial charge >= 0.3 is 0 Å². The van der Waals surface area contributed by atoms with Crippen LogP contribution in [0.25, 0.3) is 22.8 Å². The number of amides is 1. The largest absolute Gasteiger partial charge is 0.497 e. The van der Waals surface area contributed by atoms with Gasteiger partial charge < -0.3 is 19.3 Å². The van der Waals surface area contributed by atoms with Crippen LogP contribution in [0.5, 0.6) is 11.5 Å². The van der Waals surface area contributed by atoms with E-state index in [0.29, 0.717) is 17.5 Å². The number of nitrogens with one attached hydrogen (secondary N) is 1. The summed E-state index contributed by atoms with van der Waals surface area (Å²) >= 11 is 0. The molecule has 0 fully saturated rings. The summed E-state index contributed by atoms with van der Waals surface area (Å²) in [5.74, 6) is 2.11. The second kappa shape index (κ2) is 8.77. The van der Waals surface area contributed by atoms with E-state index in [1.54, 1.807) is 19.2 Å². The molecule has 0 spiro atoms. The predicted molar refractivity (Wildman–Crippen MR) is 110 cm³/mol. The van der Waals surface area contributed by atoms with Crippen LogP contribution in [0.4, 0.5) is 0 Å². The molecule has 152 valence electrons. The van der Waals surface area contributed by atoms with Crippen molar-refractivity contribution in [3.8, 4) is 34.3 Å². The first kappa shape index (κ1) is 20.4. The van der Waals surface area contributed by atoms with Gasteiger partial charge in [0.2, 0.25) is 5.82 Å². The lowest BCUT2D eigenvalue weighted by Gasteiger charge is -2.24. The monoisotopic (exact) mass is 395 g/mol. The van der Waals surface area contributed by atoms with Crippen LogP contribution in [0, 0.1) is 0 Å². The molecule has 0 saturated heterocycles. The van der Waals surface area contributed by atoms with Crippen molar-refractivity contribution in [1.82, 2.24) is 15.5 Å². The van der Waals surface area contributed by atoms with Crippen LogP contribution in [-0.4, -0.2) is 35.3 Å². The van der Waals surface area contributed by atoms with Crippen LogP contribution in [-0.2, 0) is 4.79 Å². The number of rotatable bonds is 8. The molecule has 7 heteroatoms. The summed E-state index contributed by atoms with van der Waals surface area (Å²) in [6.07, 6.45) is 0.843. The molecule has 2 aromatic carbocycles. The Kier molecular flexibility index (Phi) is 6.16. The fourth-order valence-electron chi connectivity index (χ4n) is 2.54. The van der Waals surface area contributed by atoms with Crippen LogP contribution >= 0.6 is 0 Å². The molecule has 7 nitrogen and oxygen atoms in total. The summed E-state index contributed by atoms with van der Waals surface area (Å²) in [4.78, 5) is 16.4. The number of benzene rings is 2. The second-order valence-corrected chi connectivity index (χ2v) is 7.25. The van der Waals surface area contributed by atoms with Crippen molar-refractivity contribution in [3.05, 3.63) is 48.5 Å². The van der Waals surface area contributed by atoms with Gasteiger partial charge in [0, 0.05) is 16.7 Å². The van der Waals surface area contributed by atoms with E-state index < -0.39 is 0 Å². The smallest absolute Gasteiger partial charge is 0.258 e. The van der Waals surface area contributed by atoms with Gasteiger partial charge in [-0.15, -0.1) is 0 Å². The second-order valence-electron chi connectivity index (χ2n) is 7.25. The normalized spacial score (nSPS) is 11.2. The molecular weight excluding hydrogens is 370 g/mol. The van der Waals surface area contributed by atoms with Crippen LogP contribution in [0.2, 0.25) is 0 Å². The summed E-state index contributed by atoms with van der Waals surface area (Å²) in [6.45, 7) is 5.94. The molecular formula is C22H25N3O4. The van der Waals surface area contributed by atoms with E-state index in [1.165, 1.54) is 0 Å². The van der Waals surface area contributed by atoms with E-state index in [0.717, 1.165) is 23.3 Å². The highest BCUT2D eigenvalue weighted by Crippen LogP contribution is 2.25. The van der Waals surface area contributed by atoms with Crippen molar-refractivity contribution in [2.75, 3.05) is 13.7 Å². The molecule has 0 atom stereocenters. The highest BCUT2D eigenvalue weighted by molar-refractivity contribution is 5.78. The Morgan fingerprint density at radius 3 is 2.28 bits per heavy atom. The van der Waals surface area contributed by atoms with E-state index in [2.05, 4.69) is 15.5 Å². The van der Waals surface area contributed by atoms with Gasteiger partial charge in [-0.2, -0.15) is 4.98 Å². The first-order chi connectivity index (χ1) is 13.9. The standard InChI is InChI=1S/C22H25N3O4/c1-5-22(2,3)24-19(26)14-28-18-12-8-16(9-13-18)21-23-20(25-29-21)15-6-10-17(27-4)11-7-15/h6-13H,5,14H2,1-4H3,(H,24,26). The number of carbonyl (C=O) groups is 1. The number of nitrogens with zero attached hydrogens (tertiary/aromatic N) is 2. The predicted octanol–water partition coefficient (Wildman–Crippen LogP) is 4.10. The van der Waals surface area contributed by atoms with Gasteiger partial charge in [-0.25, -0.2) is 0 Å². The van der Waals surface area contributed by atoms with Gasteiger partial charge in [0.15, 0.2) is 6.61 Å². The van der Waals surface area contributed by atoms with Crippen LogP contribution in [0.1, 0.15) is 27.2 Å². The van der Waals surface area contributed by atoms with E-state index in [9.17, 15) is 4.79 Å². The SMILES string of the molecule is CCC(C)(C)NC(=O)COc1ccc(-c2nc(-c3ccc(OC)cc3)no2)cc1. The number of hydrogen-bond donors (Lipinski definition) is 1. The Labute approximate surface area is 170 Å². The molecule has 0 aliphatic heterocycles. The lowest BCUT2D eigenvalue weighted by atomic mass is 10.0. The van der Waals surface area contributed by atoms with E-state index in [1.807, 2.05) is 57.2 Å². The molecule has 29 heavy (non-hydrogen) atoms. The number of carbonyl (C=O) groups excluding carboxylic acids is 1. The Balaban J connectivity index is 1.61. The minimum atomic E-state index is -0.246. The third-order valence-electron chi connectivity index (χ3n) is 4.61. The Bertz CT molecular complexity index is 947. The van der Waals surface area contributed by atoms with Crippen LogP contribution < -0.4 is 14.8 Å². The molecule has 3 aromatic rings. The highest BCUT2D eigenvalue weighted by atomic mass is 16.5. The summed E-state index contributed by atoms with van der Waals surface area (Å²) in [7, 11) is 1.62. The molecule has 0 aliphatic carbocycles. The van der Waals surface area contributed by atoms with E-state index in [-0.39, 0.29) is 18.1 Å². The quantitative estimate of drug-likeness (QED) is 0.618. The third-order valence-corrected chi connectivity index (χ3v) is 4.61. The summed E-state index contributed by atoms with van der Waals surface area (Å²) < 4.78 is 16.1. The summed E-state index contributed by atoms with van der Waals surface area (Å²) in [6, 6.07) is 14.6. The lowest BCUT2D eigenvalue weighted by molar-refractivity contribution is -0.124. The Hall–Kier alpha value is -3.35. The van der Waals surface area contributed by atoms with Gasteiger partial charge in [-0.05, 0) is 68.8 Å². The zero-order valence-electron chi connectivity index (χ0n) is 17.1. The van der Waals surface area contributed by atoms with Gasteiger partial charge in [0.25, 0.3) is 11.8 Å². The Morgan fingerprint density at radius 2 is 1.66 bits per heavy atom. The van der Waals surface area contributed by atoms with Crippen molar-refractivity contribution >= 4 is 5.91 Å². The minimum absolute atomic E-state index is 0.0368. The molecule has 0 aliphatic rings. The van der Waals surface area contributed by atoms with Gasteiger partial charge in [0.1, 0.15) is 11.5 Å². The zero-order valence-corrected chi connectivity index (χ0v) is 17.1. The third kappa shape index (κ3) is 5.34. The van der Waals surface area contributed by atoms with Crippen LogP contribution in [0.3, 0.4) is 0 Å². The molecule has 1 heterocycles. The number of ether oxygens (including phenoxy) is 2. The maximum Gasteiger partial charge on any atom is 0.258 e. The number of methoxy groups -OCH3 is 1. The molecule has 0 radical (unpaired) electrons. The van der Waals surface area contributed by atoms with Crippen molar-refractivity contribution in [3.63, 3.8) is 0 Å². The molecule has 1 N–H and O–H groups in total.